The summed E-state index contributed by atoms with van der Waals surface area (Å²) in [6.07, 6.45) is -0.676. The van der Waals surface area contributed by atoms with E-state index in [0.29, 0.717) is 5.56 Å². The fraction of sp³-hybridized carbons (Fsp3) is 0.357. The lowest BCUT2D eigenvalue weighted by Crippen LogP contribution is -2.12. The Morgan fingerprint density at radius 3 is 2.59 bits per heavy atom. The molecule has 17 heavy (non-hydrogen) atoms. The van der Waals surface area contributed by atoms with Crippen molar-refractivity contribution in [2.24, 2.45) is 5.92 Å². The van der Waals surface area contributed by atoms with Gasteiger partial charge in [-0.05, 0) is 18.1 Å². The zero-order chi connectivity index (χ0) is 12.7. The van der Waals surface area contributed by atoms with Crippen molar-refractivity contribution in [3.63, 3.8) is 0 Å². The Morgan fingerprint density at radius 1 is 1.35 bits per heavy atom. The molecule has 0 aromatic heterocycles. The van der Waals surface area contributed by atoms with Crippen LogP contribution in [0.4, 0.5) is 0 Å². The molecule has 0 fully saturated rings. The second kappa shape index (κ2) is 6.72. The van der Waals surface area contributed by atoms with Gasteiger partial charge in [0.25, 0.3) is 0 Å². The molecule has 1 atom stereocenters. The standard InChI is InChI=1S/C14H16O3/c1-11(2)13(15)9-6-10-17-14(16)12-7-4-3-5-8-12/h3-5,7-8,11,13,15H,10H2,1-2H3. The first-order valence-corrected chi connectivity index (χ1v) is 5.50. The molecular formula is C14H16O3. The number of esters is 1. The molecule has 1 rings (SSSR count). The third kappa shape index (κ3) is 4.71. The van der Waals surface area contributed by atoms with Crippen molar-refractivity contribution in [3.05, 3.63) is 35.9 Å². The minimum absolute atomic E-state index is 0.00247. The molecule has 0 aliphatic heterocycles. The summed E-state index contributed by atoms with van der Waals surface area (Å²) >= 11 is 0. The highest BCUT2D eigenvalue weighted by Gasteiger charge is 2.05. The lowest BCUT2D eigenvalue weighted by molar-refractivity contribution is 0.0556. The van der Waals surface area contributed by atoms with Gasteiger partial charge < -0.3 is 9.84 Å². The first-order chi connectivity index (χ1) is 8.11. The van der Waals surface area contributed by atoms with Gasteiger partial charge in [-0.25, -0.2) is 4.79 Å². The van der Waals surface area contributed by atoms with E-state index in [0.717, 1.165) is 0 Å². The van der Waals surface area contributed by atoms with E-state index >= 15 is 0 Å². The first kappa shape index (κ1) is 13.3. The molecule has 0 aliphatic carbocycles. The molecule has 0 radical (unpaired) electrons. The Balaban J connectivity index is 2.40. The van der Waals surface area contributed by atoms with Crippen LogP contribution in [0.1, 0.15) is 24.2 Å². The Hall–Kier alpha value is -1.79. The third-order valence-electron chi connectivity index (χ3n) is 2.17. The zero-order valence-corrected chi connectivity index (χ0v) is 10.0. The molecule has 1 aromatic carbocycles. The number of aliphatic hydroxyl groups excluding tert-OH is 1. The first-order valence-electron chi connectivity index (χ1n) is 5.50. The number of benzene rings is 1. The van der Waals surface area contributed by atoms with Gasteiger partial charge in [-0.2, -0.15) is 0 Å². The maximum Gasteiger partial charge on any atom is 0.339 e. The number of hydrogen-bond acceptors (Lipinski definition) is 3. The molecule has 3 nitrogen and oxygen atoms in total. The van der Waals surface area contributed by atoms with Crippen molar-refractivity contribution in [3.8, 4) is 11.8 Å². The van der Waals surface area contributed by atoms with E-state index in [-0.39, 0.29) is 12.5 Å². The van der Waals surface area contributed by atoms with Crippen LogP contribution in [0.2, 0.25) is 0 Å². The van der Waals surface area contributed by atoms with Gasteiger partial charge in [-0.3, -0.25) is 0 Å². The van der Waals surface area contributed by atoms with Crippen molar-refractivity contribution in [1.82, 2.24) is 0 Å². The van der Waals surface area contributed by atoms with E-state index in [4.69, 9.17) is 4.74 Å². The van der Waals surface area contributed by atoms with Gasteiger partial charge in [0, 0.05) is 0 Å². The van der Waals surface area contributed by atoms with Gasteiger partial charge in [0.05, 0.1) is 5.56 Å². The van der Waals surface area contributed by atoms with Crippen LogP contribution in [0.5, 0.6) is 0 Å². The molecule has 1 N–H and O–H groups in total. The summed E-state index contributed by atoms with van der Waals surface area (Å²) in [6, 6.07) is 8.72. The summed E-state index contributed by atoms with van der Waals surface area (Å²) in [6.45, 7) is 3.74. The second-order valence-electron chi connectivity index (χ2n) is 3.95. The summed E-state index contributed by atoms with van der Waals surface area (Å²) < 4.78 is 4.93. The average Bonchev–Trinajstić information content (AvgIpc) is 2.35. The van der Waals surface area contributed by atoms with E-state index in [2.05, 4.69) is 11.8 Å². The number of rotatable bonds is 3. The van der Waals surface area contributed by atoms with Gasteiger partial charge in [0.1, 0.15) is 6.10 Å². The van der Waals surface area contributed by atoms with Gasteiger partial charge in [0.2, 0.25) is 0 Å². The molecule has 90 valence electrons. The largest absolute Gasteiger partial charge is 0.449 e. The molecule has 3 heteroatoms. The lowest BCUT2D eigenvalue weighted by atomic mass is 10.1. The van der Waals surface area contributed by atoms with Crippen LogP contribution in [0, 0.1) is 17.8 Å². The molecule has 0 spiro atoms. The summed E-state index contributed by atoms with van der Waals surface area (Å²) in [5.41, 5.74) is 0.499. The van der Waals surface area contributed by atoms with Crippen molar-refractivity contribution >= 4 is 5.97 Å². The van der Waals surface area contributed by atoms with E-state index in [1.54, 1.807) is 24.3 Å². The van der Waals surface area contributed by atoms with Crippen LogP contribution in [0.3, 0.4) is 0 Å². The molecule has 0 saturated carbocycles. The van der Waals surface area contributed by atoms with E-state index < -0.39 is 12.1 Å². The van der Waals surface area contributed by atoms with Crippen LogP contribution in [0.15, 0.2) is 30.3 Å². The van der Waals surface area contributed by atoms with E-state index in [1.165, 1.54) is 0 Å². The molecule has 0 bridgehead atoms. The maximum absolute atomic E-state index is 11.5. The van der Waals surface area contributed by atoms with Crippen LogP contribution in [-0.4, -0.2) is 23.8 Å². The Labute approximate surface area is 101 Å². The Morgan fingerprint density at radius 2 is 2.00 bits per heavy atom. The third-order valence-corrected chi connectivity index (χ3v) is 2.17. The SMILES string of the molecule is CC(C)C(O)C#CCOC(=O)c1ccccc1. The average molecular weight is 232 g/mol. The highest BCUT2D eigenvalue weighted by molar-refractivity contribution is 5.89. The van der Waals surface area contributed by atoms with Gasteiger partial charge in [-0.1, -0.05) is 43.9 Å². The van der Waals surface area contributed by atoms with Crippen molar-refractivity contribution < 1.29 is 14.6 Å². The molecule has 1 unspecified atom stereocenters. The maximum atomic E-state index is 11.5. The number of carbonyl (C=O) groups excluding carboxylic acids is 1. The normalized spacial score (nSPS) is 11.5. The van der Waals surface area contributed by atoms with Gasteiger partial charge in [-0.15, -0.1) is 0 Å². The highest BCUT2D eigenvalue weighted by atomic mass is 16.5. The van der Waals surface area contributed by atoms with Crippen LogP contribution in [-0.2, 0) is 4.74 Å². The van der Waals surface area contributed by atoms with Gasteiger partial charge >= 0.3 is 5.97 Å². The van der Waals surface area contributed by atoms with Gasteiger partial charge in [0.15, 0.2) is 6.61 Å². The Bertz CT molecular complexity index is 412. The lowest BCUT2D eigenvalue weighted by Gasteiger charge is -2.05. The number of aliphatic hydroxyl groups is 1. The number of carbonyl (C=O) groups is 1. The van der Waals surface area contributed by atoms with Crippen LogP contribution in [0.25, 0.3) is 0 Å². The van der Waals surface area contributed by atoms with E-state index in [9.17, 15) is 9.90 Å². The van der Waals surface area contributed by atoms with Crippen molar-refractivity contribution in [2.75, 3.05) is 6.61 Å². The molecule has 1 aromatic rings. The van der Waals surface area contributed by atoms with Crippen LogP contribution >= 0.6 is 0 Å². The molecule has 0 saturated heterocycles. The van der Waals surface area contributed by atoms with Crippen molar-refractivity contribution in [2.45, 2.75) is 20.0 Å². The highest BCUT2D eigenvalue weighted by Crippen LogP contribution is 2.01. The van der Waals surface area contributed by atoms with Crippen molar-refractivity contribution in [1.29, 1.82) is 0 Å². The fourth-order valence-corrected chi connectivity index (χ4v) is 1.07. The Kier molecular flexibility index (Phi) is 5.25. The quantitative estimate of drug-likeness (QED) is 0.639. The molecular weight excluding hydrogens is 216 g/mol. The summed E-state index contributed by atoms with van der Waals surface area (Å²) in [5.74, 6) is 4.91. The monoisotopic (exact) mass is 232 g/mol. The summed E-state index contributed by atoms with van der Waals surface area (Å²) in [4.78, 5) is 11.5. The number of ether oxygens (including phenoxy) is 1. The molecule has 0 amide bonds. The summed E-state index contributed by atoms with van der Waals surface area (Å²) in [7, 11) is 0. The van der Waals surface area contributed by atoms with E-state index in [1.807, 2.05) is 19.9 Å². The summed E-state index contributed by atoms with van der Waals surface area (Å²) in [5, 5.41) is 9.39. The molecule has 0 heterocycles. The number of hydrogen-bond donors (Lipinski definition) is 1. The predicted molar refractivity (Wildman–Crippen MR) is 65.3 cm³/mol. The molecule has 0 aliphatic rings. The predicted octanol–water partition coefficient (Wildman–Crippen LogP) is 1.86. The second-order valence-corrected chi connectivity index (χ2v) is 3.95. The van der Waals surface area contributed by atoms with Crippen LogP contribution < -0.4 is 0 Å². The topological polar surface area (TPSA) is 46.5 Å². The zero-order valence-electron chi connectivity index (χ0n) is 10.0. The minimum Gasteiger partial charge on any atom is -0.449 e. The smallest absolute Gasteiger partial charge is 0.339 e. The fourth-order valence-electron chi connectivity index (χ4n) is 1.07. The minimum atomic E-state index is -0.676.